The van der Waals surface area contributed by atoms with Gasteiger partial charge in [-0.1, -0.05) is 22.0 Å². The molecular weight excluding hydrogens is 336 g/mol. The van der Waals surface area contributed by atoms with Crippen molar-refractivity contribution in [1.82, 2.24) is 10.3 Å². The van der Waals surface area contributed by atoms with Crippen molar-refractivity contribution in [3.8, 4) is 5.75 Å². The fourth-order valence-corrected chi connectivity index (χ4v) is 3.45. The molecule has 2 heterocycles. The van der Waals surface area contributed by atoms with Crippen LogP contribution in [0.3, 0.4) is 0 Å². The molecule has 5 heteroatoms. The fourth-order valence-electron chi connectivity index (χ4n) is 2.49. The third-order valence-corrected chi connectivity index (χ3v) is 4.79. The van der Waals surface area contributed by atoms with Crippen molar-refractivity contribution in [2.75, 3.05) is 13.2 Å². The molecule has 1 unspecified atom stereocenters. The molecule has 0 fully saturated rings. The molecule has 1 aliphatic heterocycles. The zero-order valence-electron chi connectivity index (χ0n) is 11.1. The fraction of sp³-hybridized carbons (Fsp3) is 0.400. The van der Waals surface area contributed by atoms with Crippen LogP contribution in [0.1, 0.15) is 29.5 Å². The molecule has 1 aliphatic rings. The Bertz CT molecular complexity index is 559. The molecule has 0 saturated heterocycles. The van der Waals surface area contributed by atoms with E-state index in [1.165, 1.54) is 10.6 Å². The Morgan fingerprint density at radius 3 is 3.25 bits per heavy atom. The lowest BCUT2D eigenvalue weighted by molar-refractivity contribution is 0.315. The van der Waals surface area contributed by atoms with Crippen molar-refractivity contribution in [2.24, 2.45) is 0 Å². The number of fused-ring (bicyclic) bond motifs is 1. The molecule has 1 atom stereocenters. The number of hydrogen-bond donors (Lipinski definition) is 1. The van der Waals surface area contributed by atoms with E-state index in [0.717, 1.165) is 42.6 Å². The summed E-state index contributed by atoms with van der Waals surface area (Å²) in [6, 6.07) is 6.69. The molecule has 0 spiro atoms. The highest BCUT2D eigenvalue weighted by atomic mass is 79.9. The molecule has 0 aliphatic carbocycles. The first-order chi connectivity index (χ1) is 9.83. The van der Waals surface area contributed by atoms with Gasteiger partial charge in [-0.2, -0.15) is 0 Å². The van der Waals surface area contributed by atoms with Crippen LogP contribution in [0.2, 0.25) is 0 Å². The lowest BCUT2D eigenvalue weighted by Gasteiger charge is -2.18. The number of benzene rings is 1. The van der Waals surface area contributed by atoms with Crippen LogP contribution in [0.5, 0.6) is 5.75 Å². The second kappa shape index (κ2) is 6.70. The van der Waals surface area contributed by atoms with Crippen LogP contribution >= 0.6 is 27.3 Å². The average molecular weight is 353 g/mol. The Morgan fingerprint density at radius 2 is 2.40 bits per heavy atom. The van der Waals surface area contributed by atoms with E-state index in [1.54, 1.807) is 11.3 Å². The van der Waals surface area contributed by atoms with Gasteiger partial charge in [0.1, 0.15) is 5.75 Å². The van der Waals surface area contributed by atoms with E-state index in [2.05, 4.69) is 44.4 Å². The second-order valence-corrected chi connectivity index (χ2v) is 6.75. The van der Waals surface area contributed by atoms with Gasteiger partial charge < -0.3 is 10.1 Å². The molecule has 1 aromatic heterocycles. The Balaban J connectivity index is 1.67. The minimum absolute atomic E-state index is 0.376. The van der Waals surface area contributed by atoms with Gasteiger partial charge >= 0.3 is 0 Å². The monoisotopic (exact) mass is 352 g/mol. The lowest BCUT2D eigenvalue weighted by Crippen LogP contribution is -2.23. The summed E-state index contributed by atoms with van der Waals surface area (Å²) in [5.74, 6) is 1.00. The SMILES string of the molecule is Brc1ccc2c(c1)OCCCC2NCCc1nccs1. The normalized spacial score (nSPS) is 18.1. The van der Waals surface area contributed by atoms with Gasteiger partial charge in [-0.15, -0.1) is 11.3 Å². The van der Waals surface area contributed by atoms with Crippen molar-refractivity contribution < 1.29 is 4.74 Å². The maximum absolute atomic E-state index is 5.83. The van der Waals surface area contributed by atoms with Crippen LogP contribution in [0.4, 0.5) is 0 Å². The third kappa shape index (κ3) is 3.40. The summed E-state index contributed by atoms with van der Waals surface area (Å²) < 4.78 is 6.90. The van der Waals surface area contributed by atoms with Crippen LogP contribution in [-0.2, 0) is 6.42 Å². The second-order valence-electron chi connectivity index (χ2n) is 4.86. The lowest BCUT2D eigenvalue weighted by atomic mass is 10.0. The van der Waals surface area contributed by atoms with Gasteiger partial charge in [0.2, 0.25) is 0 Å². The number of ether oxygens (including phenoxy) is 1. The molecule has 3 rings (SSSR count). The molecule has 1 N–H and O–H groups in total. The average Bonchev–Trinajstić information content (AvgIpc) is 2.87. The number of nitrogens with one attached hydrogen (secondary N) is 1. The molecular formula is C15H17BrN2OS. The topological polar surface area (TPSA) is 34.1 Å². The summed E-state index contributed by atoms with van der Waals surface area (Å²) in [5.41, 5.74) is 1.27. The predicted octanol–water partition coefficient (Wildman–Crippen LogP) is 3.95. The van der Waals surface area contributed by atoms with Crippen molar-refractivity contribution in [3.05, 3.63) is 44.8 Å². The maximum Gasteiger partial charge on any atom is 0.125 e. The van der Waals surface area contributed by atoms with Gasteiger partial charge in [-0.25, -0.2) is 4.98 Å². The van der Waals surface area contributed by atoms with Crippen molar-refractivity contribution >= 4 is 27.3 Å². The first-order valence-electron chi connectivity index (χ1n) is 6.87. The molecule has 0 bridgehead atoms. The molecule has 0 amide bonds. The van der Waals surface area contributed by atoms with Crippen LogP contribution in [0, 0.1) is 0 Å². The Hall–Kier alpha value is -0.910. The van der Waals surface area contributed by atoms with E-state index in [0.29, 0.717) is 6.04 Å². The molecule has 0 saturated carbocycles. The Kier molecular flexibility index (Phi) is 4.70. The number of halogens is 1. The van der Waals surface area contributed by atoms with E-state index in [1.807, 2.05) is 11.6 Å². The molecule has 3 nitrogen and oxygen atoms in total. The quantitative estimate of drug-likeness (QED) is 0.904. The Labute approximate surface area is 131 Å². The van der Waals surface area contributed by atoms with Gasteiger partial charge in [0.25, 0.3) is 0 Å². The summed E-state index contributed by atoms with van der Waals surface area (Å²) >= 11 is 5.23. The molecule has 2 aromatic rings. The van der Waals surface area contributed by atoms with E-state index in [-0.39, 0.29) is 0 Å². The number of thiazole rings is 1. The van der Waals surface area contributed by atoms with Crippen LogP contribution in [-0.4, -0.2) is 18.1 Å². The van der Waals surface area contributed by atoms with Crippen LogP contribution in [0.25, 0.3) is 0 Å². The highest BCUT2D eigenvalue weighted by Gasteiger charge is 2.19. The van der Waals surface area contributed by atoms with Crippen molar-refractivity contribution in [1.29, 1.82) is 0 Å². The van der Waals surface area contributed by atoms with E-state index in [9.17, 15) is 0 Å². The zero-order valence-corrected chi connectivity index (χ0v) is 13.5. The van der Waals surface area contributed by atoms with Gasteiger partial charge in [-0.3, -0.25) is 0 Å². The maximum atomic E-state index is 5.83. The predicted molar refractivity (Wildman–Crippen MR) is 85.4 cm³/mol. The summed E-state index contributed by atoms with van der Waals surface area (Å²) in [4.78, 5) is 4.32. The standard InChI is InChI=1S/C15H17BrN2OS/c16-11-3-4-12-13(2-1-8-19-14(12)10-11)17-6-5-15-18-7-9-20-15/h3-4,7,9-10,13,17H,1-2,5-6,8H2. The van der Waals surface area contributed by atoms with E-state index in [4.69, 9.17) is 4.74 Å². The van der Waals surface area contributed by atoms with Crippen molar-refractivity contribution in [2.45, 2.75) is 25.3 Å². The van der Waals surface area contributed by atoms with Gasteiger partial charge in [0, 0.05) is 40.6 Å². The van der Waals surface area contributed by atoms with Gasteiger partial charge in [-0.05, 0) is 25.0 Å². The molecule has 106 valence electrons. The molecule has 1 aromatic carbocycles. The Morgan fingerprint density at radius 1 is 1.45 bits per heavy atom. The highest BCUT2D eigenvalue weighted by molar-refractivity contribution is 9.10. The van der Waals surface area contributed by atoms with E-state index < -0.39 is 0 Å². The first kappa shape index (κ1) is 14.0. The molecule has 20 heavy (non-hydrogen) atoms. The number of rotatable bonds is 4. The summed E-state index contributed by atoms with van der Waals surface area (Å²) in [6.45, 7) is 1.75. The number of nitrogens with zero attached hydrogens (tertiary/aromatic N) is 1. The molecule has 0 radical (unpaired) electrons. The van der Waals surface area contributed by atoms with Crippen molar-refractivity contribution in [3.63, 3.8) is 0 Å². The summed E-state index contributed by atoms with van der Waals surface area (Å²) in [7, 11) is 0. The minimum Gasteiger partial charge on any atom is -0.493 e. The number of hydrogen-bond acceptors (Lipinski definition) is 4. The van der Waals surface area contributed by atoms with Crippen LogP contribution in [0.15, 0.2) is 34.2 Å². The van der Waals surface area contributed by atoms with Gasteiger partial charge in [0.15, 0.2) is 0 Å². The van der Waals surface area contributed by atoms with Gasteiger partial charge in [0.05, 0.1) is 11.6 Å². The third-order valence-electron chi connectivity index (χ3n) is 3.46. The van der Waals surface area contributed by atoms with E-state index >= 15 is 0 Å². The highest BCUT2D eigenvalue weighted by Crippen LogP contribution is 2.33. The summed E-state index contributed by atoms with van der Waals surface area (Å²) in [6.07, 6.45) is 5.06. The first-order valence-corrected chi connectivity index (χ1v) is 8.54. The minimum atomic E-state index is 0.376. The zero-order chi connectivity index (χ0) is 13.8. The number of aromatic nitrogens is 1. The smallest absolute Gasteiger partial charge is 0.125 e. The summed E-state index contributed by atoms with van der Waals surface area (Å²) in [5, 5.41) is 6.87. The largest absolute Gasteiger partial charge is 0.493 e. The van der Waals surface area contributed by atoms with Crippen LogP contribution < -0.4 is 10.1 Å².